The van der Waals surface area contributed by atoms with Crippen molar-refractivity contribution in [2.75, 3.05) is 32.1 Å². The zero-order valence-corrected chi connectivity index (χ0v) is 12.0. The van der Waals surface area contributed by atoms with Gasteiger partial charge < -0.3 is 9.47 Å². The van der Waals surface area contributed by atoms with Crippen molar-refractivity contribution in [1.82, 2.24) is 0 Å². The van der Waals surface area contributed by atoms with Gasteiger partial charge in [0.05, 0.1) is 19.1 Å². The maximum Gasteiger partial charge on any atom is 0.342 e. The van der Waals surface area contributed by atoms with E-state index in [1.807, 2.05) is 13.8 Å². The second kappa shape index (κ2) is 10.7. The lowest BCUT2D eigenvalue weighted by Gasteiger charge is -2.06. The summed E-state index contributed by atoms with van der Waals surface area (Å²) in [4.78, 5) is 11.4. The highest BCUT2D eigenvalue weighted by Gasteiger charge is 2.25. The Morgan fingerprint density at radius 1 is 1.18 bits per heavy atom. The van der Waals surface area contributed by atoms with E-state index in [0.29, 0.717) is 32.1 Å². The standard InChI is InChI=1S/C12H24O4P/c1-4-6-15-8-9-17(14)10-11(3)12(13)16-7-5-2/h11H,4-10H2,1-3H3/q+1. The summed E-state index contributed by atoms with van der Waals surface area (Å²) in [5.41, 5.74) is 0. The van der Waals surface area contributed by atoms with E-state index in [1.165, 1.54) is 0 Å². The summed E-state index contributed by atoms with van der Waals surface area (Å²) in [6, 6.07) is 0. The van der Waals surface area contributed by atoms with Crippen LogP contribution in [0.25, 0.3) is 0 Å². The van der Waals surface area contributed by atoms with Gasteiger partial charge in [0.15, 0.2) is 12.3 Å². The first-order chi connectivity index (χ1) is 8.11. The fraction of sp³-hybridized carbons (Fsp3) is 0.917. The Balaban J connectivity index is 3.67. The summed E-state index contributed by atoms with van der Waals surface area (Å²) in [6.45, 7) is 7.41. The fourth-order valence-electron chi connectivity index (χ4n) is 1.23. The molecule has 0 amide bonds. The molecular weight excluding hydrogens is 239 g/mol. The molecule has 0 heterocycles. The van der Waals surface area contributed by atoms with Gasteiger partial charge in [-0.15, -0.1) is 0 Å². The second-order valence-electron chi connectivity index (χ2n) is 4.07. The average molecular weight is 263 g/mol. The van der Waals surface area contributed by atoms with Crippen LogP contribution in [0.3, 0.4) is 0 Å². The normalized spacial score (nSPS) is 13.2. The monoisotopic (exact) mass is 263 g/mol. The SMILES string of the molecule is CCCOCC[P+](=O)CC(C)C(=O)OCCC. The Morgan fingerprint density at radius 2 is 1.82 bits per heavy atom. The zero-order valence-electron chi connectivity index (χ0n) is 11.1. The third-order valence-electron chi connectivity index (χ3n) is 2.16. The van der Waals surface area contributed by atoms with E-state index in [2.05, 4.69) is 0 Å². The molecule has 0 spiro atoms. The number of carbonyl (C=O) groups is 1. The number of hydrogen-bond donors (Lipinski definition) is 0. The summed E-state index contributed by atoms with van der Waals surface area (Å²) in [5, 5.41) is 0. The molecule has 0 N–H and O–H groups in total. The minimum atomic E-state index is -1.36. The van der Waals surface area contributed by atoms with Gasteiger partial charge in [-0.2, -0.15) is 0 Å². The van der Waals surface area contributed by atoms with Crippen LogP contribution in [0, 0.1) is 5.92 Å². The zero-order chi connectivity index (χ0) is 13.1. The molecule has 2 unspecified atom stereocenters. The maximum atomic E-state index is 11.7. The van der Waals surface area contributed by atoms with Crippen LogP contribution in [0.2, 0.25) is 0 Å². The minimum Gasteiger partial charge on any atom is -0.465 e. The number of ether oxygens (including phenoxy) is 2. The van der Waals surface area contributed by atoms with Gasteiger partial charge in [0, 0.05) is 6.61 Å². The predicted molar refractivity (Wildman–Crippen MR) is 68.9 cm³/mol. The number of hydrogen-bond acceptors (Lipinski definition) is 4. The van der Waals surface area contributed by atoms with Crippen molar-refractivity contribution < 1.29 is 18.8 Å². The van der Waals surface area contributed by atoms with Crippen molar-refractivity contribution in [2.24, 2.45) is 5.92 Å². The molecule has 2 atom stereocenters. The highest BCUT2D eigenvalue weighted by Crippen LogP contribution is 2.24. The summed E-state index contributed by atoms with van der Waals surface area (Å²) in [6.07, 6.45) is 2.71. The largest absolute Gasteiger partial charge is 0.465 e. The van der Waals surface area contributed by atoms with Crippen LogP contribution in [0.5, 0.6) is 0 Å². The van der Waals surface area contributed by atoms with Gasteiger partial charge in [-0.3, -0.25) is 4.79 Å². The molecule has 0 bridgehead atoms. The first kappa shape index (κ1) is 16.5. The Labute approximate surface area is 105 Å². The van der Waals surface area contributed by atoms with Gasteiger partial charge in [-0.1, -0.05) is 18.4 Å². The number of carbonyl (C=O) groups excluding carboxylic acids is 1. The molecule has 0 aliphatic heterocycles. The average Bonchev–Trinajstić information content (AvgIpc) is 2.31. The molecule has 0 aromatic rings. The quantitative estimate of drug-likeness (QED) is 0.345. The molecule has 4 nitrogen and oxygen atoms in total. The van der Waals surface area contributed by atoms with Crippen LogP contribution in [0.4, 0.5) is 0 Å². The first-order valence-corrected chi connectivity index (χ1v) is 7.91. The van der Waals surface area contributed by atoms with Crippen molar-refractivity contribution in [2.45, 2.75) is 33.6 Å². The topological polar surface area (TPSA) is 52.6 Å². The lowest BCUT2D eigenvalue weighted by Crippen LogP contribution is -2.17. The summed E-state index contributed by atoms with van der Waals surface area (Å²) in [5.74, 6) is -0.527. The highest BCUT2D eigenvalue weighted by molar-refractivity contribution is 7.44. The number of rotatable bonds is 10. The third-order valence-corrected chi connectivity index (χ3v) is 3.80. The van der Waals surface area contributed by atoms with E-state index >= 15 is 0 Å². The molecule has 100 valence electrons. The molecule has 0 aliphatic rings. The second-order valence-corrected chi connectivity index (χ2v) is 5.84. The smallest absolute Gasteiger partial charge is 0.342 e. The molecule has 0 aliphatic carbocycles. The van der Waals surface area contributed by atoms with Crippen molar-refractivity contribution in [3.8, 4) is 0 Å². The van der Waals surface area contributed by atoms with E-state index in [4.69, 9.17) is 9.47 Å². The lowest BCUT2D eigenvalue weighted by molar-refractivity contribution is -0.147. The van der Waals surface area contributed by atoms with Gasteiger partial charge >= 0.3 is 13.8 Å². The fourth-order valence-corrected chi connectivity index (χ4v) is 2.50. The highest BCUT2D eigenvalue weighted by atomic mass is 31.1. The van der Waals surface area contributed by atoms with Crippen molar-refractivity contribution in [3.63, 3.8) is 0 Å². The Hall–Kier alpha value is -0.470. The summed E-state index contributed by atoms with van der Waals surface area (Å²) in [7, 11) is -1.36. The molecule has 0 fully saturated rings. The molecule has 0 aromatic carbocycles. The maximum absolute atomic E-state index is 11.7. The summed E-state index contributed by atoms with van der Waals surface area (Å²) >= 11 is 0. The number of esters is 1. The Kier molecular flexibility index (Phi) is 10.4. The van der Waals surface area contributed by atoms with Gasteiger partial charge in [-0.25, -0.2) is 0 Å². The van der Waals surface area contributed by atoms with E-state index in [0.717, 1.165) is 12.8 Å². The van der Waals surface area contributed by atoms with Crippen molar-refractivity contribution in [1.29, 1.82) is 0 Å². The van der Waals surface area contributed by atoms with Crippen LogP contribution < -0.4 is 0 Å². The molecular formula is C12H24O4P+. The van der Waals surface area contributed by atoms with E-state index in [-0.39, 0.29) is 11.9 Å². The van der Waals surface area contributed by atoms with E-state index in [9.17, 15) is 9.36 Å². The van der Waals surface area contributed by atoms with Gasteiger partial charge in [0.25, 0.3) is 0 Å². The van der Waals surface area contributed by atoms with Crippen LogP contribution in [0.1, 0.15) is 33.6 Å². The van der Waals surface area contributed by atoms with Crippen molar-refractivity contribution in [3.05, 3.63) is 0 Å². The molecule has 17 heavy (non-hydrogen) atoms. The van der Waals surface area contributed by atoms with Crippen LogP contribution in [0.15, 0.2) is 0 Å². The molecule has 0 rings (SSSR count). The van der Waals surface area contributed by atoms with E-state index in [1.54, 1.807) is 6.92 Å². The first-order valence-electron chi connectivity index (χ1n) is 6.28. The molecule has 0 radical (unpaired) electrons. The Bertz CT molecular complexity index is 231. The van der Waals surface area contributed by atoms with Crippen LogP contribution in [-0.4, -0.2) is 38.1 Å². The van der Waals surface area contributed by atoms with Gasteiger partial charge in [-0.05, 0) is 19.8 Å². The molecule has 0 saturated heterocycles. The van der Waals surface area contributed by atoms with E-state index < -0.39 is 7.80 Å². The third kappa shape index (κ3) is 9.25. The minimum absolute atomic E-state index is 0.246. The molecule has 0 saturated carbocycles. The van der Waals surface area contributed by atoms with Crippen molar-refractivity contribution >= 4 is 13.8 Å². The molecule has 5 heteroatoms. The lowest BCUT2D eigenvalue weighted by atomic mass is 10.2. The van der Waals surface area contributed by atoms with Crippen LogP contribution in [-0.2, 0) is 18.8 Å². The van der Waals surface area contributed by atoms with Crippen LogP contribution >= 0.6 is 7.80 Å². The molecule has 0 aromatic heterocycles. The van der Waals surface area contributed by atoms with Gasteiger partial charge in [0.1, 0.15) is 0 Å². The Morgan fingerprint density at radius 3 is 2.41 bits per heavy atom. The summed E-state index contributed by atoms with van der Waals surface area (Å²) < 4.78 is 21.9. The van der Waals surface area contributed by atoms with Gasteiger partial charge in [0.2, 0.25) is 0 Å². The predicted octanol–water partition coefficient (Wildman–Crippen LogP) is 2.83.